The van der Waals surface area contributed by atoms with Crippen LogP contribution in [0.3, 0.4) is 0 Å². The number of aryl methyl sites for hydroxylation is 1. The minimum Gasteiger partial charge on any atom is -0.376 e. The molecule has 6 heteroatoms. The molecule has 0 spiro atoms. The van der Waals surface area contributed by atoms with Gasteiger partial charge in [0, 0.05) is 32.3 Å². The van der Waals surface area contributed by atoms with Crippen molar-refractivity contribution < 1.29 is 9.53 Å². The van der Waals surface area contributed by atoms with Gasteiger partial charge >= 0.3 is 0 Å². The summed E-state index contributed by atoms with van der Waals surface area (Å²) in [4.78, 5) is 12.0. The summed E-state index contributed by atoms with van der Waals surface area (Å²) in [6, 6.07) is 3.71. The summed E-state index contributed by atoms with van der Waals surface area (Å²) in [6.45, 7) is 3.55. The number of halogens is 1. The van der Waals surface area contributed by atoms with E-state index in [0.29, 0.717) is 24.1 Å². The Morgan fingerprint density at radius 2 is 2.45 bits per heavy atom. The highest BCUT2D eigenvalue weighted by molar-refractivity contribution is 5.92. The van der Waals surface area contributed by atoms with Crippen molar-refractivity contribution in [2.24, 2.45) is 18.9 Å². The fraction of sp³-hybridized carbons (Fsp3) is 0.643. The second-order valence-electron chi connectivity index (χ2n) is 5.50. The molecule has 0 aliphatic carbocycles. The van der Waals surface area contributed by atoms with Crippen LogP contribution in [-0.2, 0) is 11.8 Å². The van der Waals surface area contributed by atoms with Crippen LogP contribution < -0.4 is 10.6 Å². The van der Waals surface area contributed by atoms with E-state index in [9.17, 15) is 4.79 Å². The average Bonchev–Trinajstić information content (AvgIpc) is 3.02. The molecule has 2 aliphatic heterocycles. The number of carbonyl (C=O) groups is 1. The highest BCUT2D eigenvalue weighted by Gasteiger charge is 2.38. The first-order valence-electron chi connectivity index (χ1n) is 6.97. The fourth-order valence-corrected chi connectivity index (χ4v) is 3.14. The monoisotopic (exact) mass is 299 g/mol. The maximum atomic E-state index is 12.0. The van der Waals surface area contributed by atoms with E-state index >= 15 is 0 Å². The quantitative estimate of drug-likeness (QED) is 0.868. The number of nitrogens with zero attached hydrogens (tertiary/aromatic N) is 1. The zero-order valence-corrected chi connectivity index (χ0v) is 12.5. The van der Waals surface area contributed by atoms with Gasteiger partial charge in [0.25, 0.3) is 5.91 Å². The van der Waals surface area contributed by atoms with Crippen molar-refractivity contribution in [1.29, 1.82) is 0 Å². The Morgan fingerprint density at radius 3 is 3.20 bits per heavy atom. The van der Waals surface area contributed by atoms with Gasteiger partial charge in [-0.15, -0.1) is 12.4 Å². The molecule has 0 bridgehead atoms. The molecule has 5 nitrogen and oxygen atoms in total. The topological polar surface area (TPSA) is 55.3 Å². The number of fused-ring (bicyclic) bond motifs is 1. The van der Waals surface area contributed by atoms with Gasteiger partial charge in [0.1, 0.15) is 5.69 Å². The van der Waals surface area contributed by atoms with E-state index < -0.39 is 0 Å². The molecule has 2 saturated heterocycles. The van der Waals surface area contributed by atoms with Gasteiger partial charge in [-0.3, -0.25) is 4.79 Å². The summed E-state index contributed by atoms with van der Waals surface area (Å²) < 4.78 is 7.67. The van der Waals surface area contributed by atoms with Gasteiger partial charge in [-0.25, -0.2) is 0 Å². The first-order chi connectivity index (χ1) is 9.25. The fourth-order valence-electron chi connectivity index (χ4n) is 3.14. The molecule has 112 valence electrons. The number of piperidine rings is 1. The number of carbonyl (C=O) groups excluding carboxylic acids is 1. The summed E-state index contributed by atoms with van der Waals surface area (Å²) >= 11 is 0. The number of hydrogen-bond donors (Lipinski definition) is 2. The molecule has 0 saturated carbocycles. The maximum absolute atomic E-state index is 12.0. The molecule has 2 fully saturated rings. The van der Waals surface area contributed by atoms with Crippen LogP contribution in [0.15, 0.2) is 18.3 Å². The van der Waals surface area contributed by atoms with Crippen molar-refractivity contribution in [1.82, 2.24) is 15.2 Å². The highest BCUT2D eigenvalue weighted by atomic mass is 35.5. The van der Waals surface area contributed by atoms with Gasteiger partial charge in [0.15, 0.2) is 0 Å². The molecule has 1 aromatic rings. The Hall–Kier alpha value is -1.04. The van der Waals surface area contributed by atoms with Crippen LogP contribution in [-0.4, -0.2) is 42.8 Å². The number of ether oxygens (including phenoxy) is 1. The zero-order chi connectivity index (χ0) is 13.2. The van der Waals surface area contributed by atoms with E-state index in [0.717, 1.165) is 19.7 Å². The van der Waals surface area contributed by atoms with Gasteiger partial charge in [0.05, 0.1) is 12.7 Å². The third-order valence-electron chi connectivity index (χ3n) is 4.32. The number of amides is 1. The molecule has 0 radical (unpaired) electrons. The smallest absolute Gasteiger partial charge is 0.267 e. The Balaban J connectivity index is 0.00000147. The molecule has 1 amide bonds. The van der Waals surface area contributed by atoms with Crippen LogP contribution in [0.4, 0.5) is 0 Å². The van der Waals surface area contributed by atoms with E-state index in [2.05, 4.69) is 10.6 Å². The van der Waals surface area contributed by atoms with E-state index in [4.69, 9.17) is 4.74 Å². The van der Waals surface area contributed by atoms with E-state index in [1.165, 1.54) is 6.42 Å². The standard InChI is InChI=1S/C14H21N3O2.ClH/c1-17-6-2-3-12(17)14(18)16-8-13-11-7-15-5-4-10(11)9-19-13;/h2-3,6,10-11,13,15H,4-5,7-9H2,1H3,(H,16,18);1H/t10-,11-,13+;/m0./s1. The van der Waals surface area contributed by atoms with E-state index in [1.807, 2.05) is 29.9 Å². The lowest BCUT2D eigenvalue weighted by molar-refractivity contribution is 0.0772. The van der Waals surface area contributed by atoms with Crippen LogP contribution in [0, 0.1) is 11.8 Å². The normalized spacial score (nSPS) is 28.6. The van der Waals surface area contributed by atoms with E-state index in [-0.39, 0.29) is 24.4 Å². The van der Waals surface area contributed by atoms with Crippen LogP contribution in [0.5, 0.6) is 0 Å². The Bertz CT molecular complexity index is 463. The third kappa shape index (κ3) is 3.00. The van der Waals surface area contributed by atoms with Crippen LogP contribution >= 0.6 is 12.4 Å². The lowest BCUT2D eigenvalue weighted by atomic mass is 9.85. The summed E-state index contributed by atoms with van der Waals surface area (Å²) in [5.74, 6) is 1.18. The van der Waals surface area contributed by atoms with Crippen LogP contribution in [0.25, 0.3) is 0 Å². The second kappa shape index (κ2) is 6.61. The van der Waals surface area contributed by atoms with E-state index in [1.54, 1.807) is 0 Å². The molecular weight excluding hydrogens is 278 g/mol. The number of hydrogen-bond acceptors (Lipinski definition) is 3. The highest BCUT2D eigenvalue weighted by Crippen LogP contribution is 2.30. The first kappa shape index (κ1) is 15.4. The Labute approximate surface area is 125 Å². The number of nitrogens with one attached hydrogen (secondary N) is 2. The molecule has 2 N–H and O–H groups in total. The first-order valence-corrected chi connectivity index (χ1v) is 6.97. The zero-order valence-electron chi connectivity index (χ0n) is 11.7. The average molecular weight is 300 g/mol. The molecule has 1 aromatic heterocycles. The second-order valence-corrected chi connectivity index (χ2v) is 5.50. The molecule has 3 atom stereocenters. The lowest BCUT2D eigenvalue weighted by Gasteiger charge is -2.28. The lowest BCUT2D eigenvalue weighted by Crippen LogP contribution is -2.43. The van der Waals surface area contributed by atoms with Crippen molar-refractivity contribution in [3.05, 3.63) is 24.0 Å². The minimum atomic E-state index is -0.0247. The summed E-state index contributed by atoms with van der Waals surface area (Å²) in [7, 11) is 1.88. The van der Waals surface area contributed by atoms with Crippen molar-refractivity contribution in [3.8, 4) is 0 Å². The van der Waals surface area contributed by atoms with Gasteiger partial charge in [-0.2, -0.15) is 0 Å². The molecule has 0 aromatic carbocycles. The van der Waals surface area contributed by atoms with Crippen molar-refractivity contribution >= 4 is 18.3 Å². The number of rotatable bonds is 3. The third-order valence-corrected chi connectivity index (χ3v) is 4.32. The molecule has 0 unspecified atom stereocenters. The van der Waals surface area contributed by atoms with Crippen molar-refractivity contribution in [2.45, 2.75) is 12.5 Å². The maximum Gasteiger partial charge on any atom is 0.267 e. The molecule has 2 aliphatic rings. The van der Waals surface area contributed by atoms with Gasteiger partial charge in [0.2, 0.25) is 0 Å². The van der Waals surface area contributed by atoms with Gasteiger partial charge in [-0.1, -0.05) is 0 Å². The SMILES string of the molecule is Cl.Cn1cccc1C(=O)NC[C@H]1OC[C@@H]2CCNC[C@@H]21. The molecule has 3 heterocycles. The van der Waals surface area contributed by atoms with Gasteiger partial charge in [-0.05, 0) is 31.0 Å². The Kier molecular flexibility index (Phi) is 5.07. The number of aromatic nitrogens is 1. The van der Waals surface area contributed by atoms with Crippen molar-refractivity contribution in [2.75, 3.05) is 26.2 Å². The van der Waals surface area contributed by atoms with Crippen LogP contribution in [0.1, 0.15) is 16.9 Å². The summed E-state index contributed by atoms with van der Waals surface area (Å²) in [6.07, 6.45) is 3.22. The summed E-state index contributed by atoms with van der Waals surface area (Å²) in [5, 5.41) is 6.40. The minimum absolute atomic E-state index is 0. The summed E-state index contributed by atoms with van der Waals surface area (Å²) in [5.41, 5.74) is 0.691. The van der Waals surface area contributed by atoms with Crippen LogP contribution in [0.2, 0.25) is 0 Å². The molecule has 20 heavy (non-hydrogen) atoms. The largest absolute Gasteiger partial charge is 0.376 e. The Morgan fingerprint density at radius 1 is 1.60 bits per heavy atom. The predicted octanol–water partition coefficient (Wildman–Crippen LogP) is 0.801. The predicted molar refractivity (Wildman–Crippen MR) is 79.2 cm³/mol. The van der Waals surface area contributed by atoms with Crippen molar-refractivity contribution in [3.63, 3.8) is 0 Å². The molecule has 3 rings (SSSR count). The molecular formula is C14H22ClN3O2. The van der Waals surface area contributed by atoms with Gasteiger partial charge < -0.3 is 19.9 Å².